The average Bonchev–Trinajstić information content (AvgIpc) is 2.72. The maximum absolute atomic E-state index is 10.4. The van der Waals surface area contributed by atoms with Crippen LogP contribution in [-0.4, -0.2) is 16.0 Å². The predicted octanol–water partition coefficient (Wildman–Crippen LogP) is 1.74. The summed E-state index contributed by atoms with van der Waals surface area (Å²) >= 11 is 0. The largest absolute Gasteiger partial charge is 0.477 e. The van der Waals surface area contributed by atoms with Gasteiger partial charge < -0.3 is 9.52 Å². The van der Waals surface area contributed by atoms with E-state index in [0.29, 0.717) is 5.56 Å². The van der Waals surface area contributed by atoms with Crippen LogP contribution in [0.15, 0.2) is 34.5 Å². The molecule has 7 heteroatoms. The van der Waals surface area contributed by atoms with Gasteiger partial charge in [0.05, 0.1) is 6.07 Å². The zero-order valence-corrected chi connectivity index (χ0v) is 8.36. The lowest BCUT2D eigenvalue weighted by molar-refractivity contribution is -0.402. The Balaban J connectivity index is 2.81. The number of rotatable bonds is 4. The van der Waals surface area contributed by atoms with Crippen LogP contribution in [0.5, 0.6) is 0 Å². The highest BCUT2D eigenvalue weighted by molar-refractivity contribution is 5.91. The number of hydrogen-bond donors (Lipinski definition) is 1. The van der Waals surface area contributed by atoms with E-state index in [1.54, 1.807) is 0 Å². The number of allylic oxidation sites excluding steroid dienone is 2. The zero-order chi connectivity index (χ0) is 12.8. The first-order valence-corrected chi connectivity index (χ1v) is 4.29. The van der Waals surface area contributed by atoms with Gasteiger partial charge in [-0.2, -0.15) is 5.26 Å². The Hall–Kier alpha value is -2.88. The molecular weight excluding hydrogens is 228 g/mol. The third-order valence-corrected chi connectivity index (χ3v) is 1.69. The molecule has 1 N–H and O–H groups in total. The fourth-order valence-electron chi connectivity index (χ4n) is 0.934. The molecule has 0 spiro atoms. The van der Waals surface area contributed by atoms with Crippen molar-refractivity contribution in [1.29, 1.82) is 5.26 Å². The second kappa shape index (κ2) is 5.27. The van der Waals surface area contributed by atoms with Crippen LogP contribution in [0.2, 0.25) is 0 Å². The number of carboxylic acid groups (broad SMARTS) is 1. The Bertz CT molecular complexity index is 547. The molecule has 0 unspecified atom stereocenters. The van der Waals surface area contributed by atoms with E-state index in [1.165, 1.54) is 24.3 Å². The van der Waals surface area contributed by atoms with Gasteiger partial charge >= 0.3 is 11.9 Å². The van der Waals surface area contributed by atoms with Crippen LogP contribution in [0.3, 0.4) is 0 Å². The molecule has 86 valence electrons. The average molecular weight is 234 g/mol. The van der Waals surface area contributed by atoms with Crippen molar-refractivity contribution in [2.45, 2.75) is 0 Å². The molecule has 17 heavy (non-hydrogen) atoms. The minimum atomic E-state index is -1.34. The normalized spacial score (nSPS) is 11.4. The van der Waals surface area contributed by atoms with Gasteiger partial charge in [-0.25, -0.2) is 4.79 Å². The SMILES string of the molecule is N#CC(=CC=Cc1coc([N+](=O)[O-])c1)C(=O)O. The van der Waals surface area contributed by atoms with Crippen molar-refractivity contribution in [3.05, 3.63) is 45.7 Å². The maximum Gasteiger partial charge on any atom is 0.433 e. The second-order valence-electron chi connectivity index (χ2n) is 2.83. The predicted molar refractivity (Wildman–Crippen MR) is 55.7 cm³/mol. The van der Waals surface area contributed by atoms with Gasteiger partial charge in [0, 0.05) is 5.56 Å². The summed E-state index contributed by atoms with van der Waals surface area (Å²) in [5.41, 5.74) is -0.0325. The van der Waals surface area contributed by atoms with E-state index in [2.05, 4.69) is 4.42 Å². The quantitative estimate of drug-likeness (QED) is 0.278. The van der Waals surface area contributed by atoms with Crippen molar-refractivity contribution in [2.24, 2.45) is 0 Å². The first-order chi connectivity index (χ1) is 8.04. The van der Waals surface area contributed by atoms with Crippen molar-refractivity contribution in [1.82, 2.24) is 0 Å². The third kappa shape index (κ3) is 3.32. The van der Waals surface area contributed by atoms with E-state index in [4.69, 9.17) is 10.4 Å². The third-order valence-electron chi connectivity index (χ3n) is 1.69. The number of nitriles is 1. The van der Waals surface area contributed by atoms with Crippen LogP contribution in [0.4, 0.5) is 5.88 Å². The highest BCUT2D eigenvalue weighted by Gasteiger charge is 2.09. The van der Waals surface area contributed by atoms with Crippen LogP contribution >= 0.6 is 0 Å². The molecule has 1 aromatic rings. The van der Waals surface area contributed by atoms with Gasteiger partial charge in [0.2, 0.25) is 0 Å². The summed E-state index contributed by atoms with van der Waals surface area (Å²) in [7, 11) is 0. The molecule has 0 fully saturated rings. The summed E-state index contributed by atoms with van der Waals surface area (Å²) in [6.07, 6.45) is 4.91. The Morgan fingerprint density at radius 2 is 2.35 bits per heavy atom. The van der Waals surface area contributed by atoms with Crippen LogP contribution < -0.4 is 0 Å². The smallest absolute Gasteiger partial charge is 0.433 e. The molecular formula is C10H6N2O5. The molecule has 0 atom stereocenters. The van der Waals surface area contributed by atoms with E-state index in [9.17, 15) is 14.9 Å². The molecule has 0 aliphatic heterocycles. The van der Waals surface area contributed by atoms with Crippen molar-refractivity contribution in [3.8, 4) is 6.07 Å². The number of nitrogens with zero attached hydrogens (tertiary/aromatic N) is 2. The van der Waals surface area contributed by atoms with Gasteiger partial charge in [0.25, 0.3) is 0 Å². The molecule has 1 rings (SSSR count). The van der Waals surface area contributed by atoms with Gasteiger partial charge in [-0.3, -0.25) is 10.1 Å². The number of nitro groups is 1. The summed E-state index contributed by atoms with van der Waals surface area (Å²) in [6.45, 7) is 0. The molecule has 0 saturated heterocycles. The molecule has 0 aromatic carbocycles. The van der Waals surface area contributed by atoms with Gasteiger partial charge in [0.15, 0.2) is 0 Å². The minimum absolute atomic E-state index is 0.399. The van der Waals surface area contributed by atoms with Gasteiger partial charge in [0.1, 0.15) is 22.8 Å². The summed E-state index contributed by atoms with van der Waals surface area (Å²) in [5, 5.41) is 27.2. The van der Waals surface area contributed by atoms with Crippen LogP contribution in [0.25, 0.3) is 6.08 Å². The number of furan rings is 1. The molecule has 0 amide bonds. The van der Waals surface area contributed by atoms with Crippen molar-refractivity contribution < 1.29 is 19.2 Å². The lowest BCUT2D eigenvalue weighted by atomic mass is 10.2. The highest BCUT2D eigenvalue weighted by atomic mass is 16.6. The Labute approximate surface area is 95.0 Å². The number of carbonyl (C=O) groups is 1. The van der Waals surface area contributed by atoms with E-state index < -0.39 is 22.3 Å². The fraction of sp³-hybridized carbons (Fsp3) is 0. The van der Waals surface area contributed by atoms with Gasteiger partial charge in [-0.1, -0.05) is 12.2 Å². The van der Waals surface area contributed by atoms with Crippen LogP contribution in [0, 0.1) is 21.4 Å². The van der Waals surface area contributed by atoms with Crippen molar-refractivity contribution in [2.75, 3.05) is 0 Å². The molecule has 1 heterocycles. The zero-order valence-electron chi connectivity index (χ0n) is 8.36. The first-order valence-electron chi connectivity index (χ1n) is 4.29. The lowest BCUT2D eigenvalue weighted by Crippen LogP contribution is -1.96. The number of carboxylic acids is 1. The lowest BCUT2D eigenvalue weighted by Gasteiger charge is -1.84. The molecule has 7 nitrogen and oxygen atoms in total. The molecule has 0 saturated carbocycles. The Morgan fingerprint density at radius 3 is 2.82 bits per heavy atom. The van der Waals surface area contributed by atoms with Crippen LogP contribution in [-0.2, 0) is 4.79 Å². The van der Waals surface area contributed by atoms with Gasteiger partial charge in [-0.05, 0) is 6.08 Å². The van der Waals surface area contributed by atoms with E-state index >= 15 is 0 Å². The highest BCUT2D eigenvalue weighted by Crippen LogP contribution is 2.16. The van der Waals surface area contributed by atoms with E-state index in [-0.39, 0.29) is 0 Å². The van der Waals surface area contributed by atoms with E-state index in [0.717, 1.165) is 12.3 Å². The minimum Gasteiger partial charge on any atom is -0.477 e. The standard InChI is InChI=1S/C10H6N2O5/c11-5-8(10(13)14)3-1-2-7-4-9(12(15)16)17-6-7/h1-4,6H,(H,13,14). The molecule has 0 aliphatic rings. The molecule has 0 radical (unpaired) electrons. The second-order valence-corrected chi connectivity index (χ2v) is 2.83. The molecule has 0 bridgehead atoms. The molecule has 0 aliphatic carbocycles. The van der Waals surface area contributed by atoms with Crippen molar-refractivity contribution >= 4 is 17.9 Å². The summed E-state index contributed by atoms with van der Waals surface area (Å²) < 4.78 is 4.61. The first kappa shape index (κ1) is 12.2. The Morgan fingerprint density at radius 1 is 1.65 bits per heavy atom. The topological polar surface area (TPSA) is 117 Å². The van der Waals surface area contributed by atoms with E-state index in [1.807, 2.05) is 0 Å². The summed E-state index contributed by atoms with van der Waals surface area (Å²) in [5.74, 6) is -1.75. The van der Waals surface area contributed by atoms with Crippen molar-refractivity contribution in [3.63, 3.8) is 0 Å². The number of hydrogen-bond acceptors (Lipinski definition) is 5. The summed E-state index contributed by atoms with van der Waals surface area (Å²) in [6, 6.07) is 2.67. The summed E-state index contributed by atoms with van der Waals surface area (Å²) in [4.78, 5) is 20.0. The fourth-order valence-corrected chi connectivity index (χ4v) is 0.934. The molecule has 1 aromatic heterocycles. The van der Waals surface area contributed by atoms with Crippen LogP contribution in [0.1, 0.15) is 5.56 Å². The van der Waals surface area contributed by atoms with Gasteiger partial charge in [-0.15, -0.1) is 0 Å². The maximum atomic E-state index is 10.4. The monoisotopic (exact) mass is 234 g/mol. The Kier molecular flexibility index (Phi) is 3.78. The number of aliphatic carboxylic acids is 1.